The van der Waals surface area contributed by atoms with Gasteiger partial charge in [-0.2, -0.15) is 0 Å². The van der Waals surface area contributed by atoms with Crippen molar-refractivity contribution < 1.29 is 9.15 Å². The molecule has 22 heavy (non-hydrogen) atoms. The second-order valence-electron chi connectivity index (χ2n) is 5.29. The molecule has 3 aromatic rings. The molecule has 0 amide bonds. The van der Waals surface area contributed by atoms with Crippen LogP contribution in [0.15, 0.2) is 45.6 Å². The maximum absolute atomic E-state index is 12.6. The molecule has 0 bridgehead atoms. The molecule has 0 fully saturated rings. The van der Waals surface area contributed by atoms with Crippen molar-refractivity contribution in [2.75, 3.05) is 21.2 Å². The van der Waals surface area contributed by atoms with E-state index < -0.39 is 0 Å². The summed E-state index contributed by atoms with van der Waals surface area (Å²) in [4.78, 5) is 14.6. The summed E-state index contributed by atoms with van der Waals surface area (Å²) < 4.78 is 11.4. The van der Waals surface area contributed by atoms with E-state index in [1.165, 1.54) is 0 Å². The van der Waals surface area contributed by atoms with Crippen molar-refractivity contribution in [2.24, 2.45) is 0 Å². The maximum Gasteiger partial charge on any atom is 0.200 e. The molecule has 0 atom stereocenters. The number of ether oxygens (including phenoxy) is 1. The molecule has 3 rings (SSSR count). The lowest BCUT2D eigenvalue weighted by atomic mass is 10.1. The first-order valence-corrected chi connectivity index (χ1v) is 6.78. The molecule has 0 saturated heterocycles. The molecule has 0 saturated carbocycles. The highest BCUT2D eigenvalue weighted by Crippen LogP contribution is 2.29. The number of hydrogen-bond donors (Lipinski definition) is 0. The van der Waals surface area contributed by atoms with Crippen LogP contribution in [0.3, 0.4) is 0 Å². The van der Waals surface area contributed by atoms with E-state index in [0.29, 0.717) is 28.5 Å². The van der Waals surface area contributed by atoms with Gasteiger partial charge in [-0.15, -0.1) is 12.4 Å². The fourth-order valence-corrected chi connectivity index (χ4v) is 2.56. The van der Waals surface area contributed by atoms with Crippen LogP contribution in [0.4, 0.5) is 0 Å². The van der Waals surface area contributed by atoms with Gasteiger partial charge in [0.2, 0.25) is 5.43 Å². The number of halogens is 1. The number of hydrogen-bond acceptors (Lipinski definition) is 4. The second-order valence-corrected chi connectivity index (χ2v) is 5.29. The fraction of sp³-hybridized carbons (Fsp3) is 0.235. The van der Waals surface area contributed by atoms with E-state index >= 15 is 0 Å². The van der Waals surface area contributed by atoms with Crippen molar-refractivity contribution in [1.29, 1.82) is 0 Å². The average Bonchev–Trinajstić information content (AvgIpc) is 2.48. The van der Waals surface area contributed by atoms with Crippen LogP contribution >= 0.6 is 12.4 Å². The smallest absolute Gasteiger partial charge is 0.200 e. The topological polar surface area (TPSA) is 42.7 Å². The zero-order chi connectivity index (χ0) is 15.0. The van der Waals surface area contributed by atoms with Crippen LogP contribution in [0.1, 0.15) is 5.56 Å². The monoisotopic (exact) mass is 319 g/mol. The Bertz CT molecular complexity index is 871. The molecule has 2 aromatic carbocycles. The molecule has 4 nitrogen and oxygen atoms in total. The molecular weight excluding hydrogens is 302 g/mol. The summed E-state index contributed by atoms with van der Waals surface area (Å²) in [6.07, 6.45) is 0. The first-order chi connectivity index (χ1) is 10.1. The van der Waals surface area contributed by atoms with Gasteiger partial charge >= 0.3 is 0 Å². The summed E-state index contributed by atoms with van der Waals surface area (Å²) in [6.45, 7) is 0.641. The van der Waals surface area contributed by atoms with Crippen LogP contribution in [0.2, 0.25) is 0 Å². The minimum atomic E-state index is -0.00508. The molecule has 0 radical (unpaired) electrons. The first-order valence-electron chi connectivity index (χ1n) is 6.78. The Morgan fingerprint density at radius 2 is 1.82 bits per heavy atom. The predicted molar refractivity (Wildman–Crippen MR) is 91.2 cm³/mol. The highest BCUT2D eigenvalue weighted by atomic mass is 35.5. The third-order valence-electron chi connectivity index (χ3n) is 3.50. The van der Waals surface area contributed by atoms with Crippen LogP contribution in [-0.4, -0.2) is 26.1 Å². The second kappa shape index (κ2) is 6.38. The molecular formula is C17H18ClNO3. The molecule has 0 N–H and O–H groups in total. The third kappa shape index (κ3) is 2.67. The summed E-state index contributed by atoms with van der Waals surface area (Å²) in [5.74, 6) is 0.731. The molecule has 0 aliphatic carbocycles. The molecule has 0 aliphatic heterocycles. The van der Waals surface area contributed by atoms with E-state index in [4.69, 9.17) is 9.15 Å². The zero-order valence-electron chi connectivity index (χ0n) is 12.8. The van der Waals surface area contributed by atoms with Gasteiger partial charge in [0.05, 0.1) is 23.4 Å². The number of benzene rings is 2. The quantitative estimate of drug-likeness (QED) is 0.694. The van der Waals surface area contributed by atoms with Crippen molar-refractivity contribution in [3.05, 3.63) is 52.2 Å². The summed E-state index contributed by atoms with van der Waals surface area (Å²) in [5.41, 5.74) is 2.09. The van der Waals surface area contributed by atoms with Crippen molar-refractivity contribution in [1.82, 2.24) is 4.90 Å². The molecule has 1 aromatic heterocycles. The number of rotatable bonds is 3. The molecule has 116 valence electrons. The van der Waals surface area contributed by atoms with Gasteiger partial charge < -0.3 is 14.1 Å². The summed E-state index contributed by atoms with van der Waals surface area (Å²) in [5, 5.41) is 1.19. The lowest BCUT2D eigenvalue weighted by molar-refractivity contribution is 0.371. The zero-order valence-corrected chi connectivity index (χ0v) is 13.6. The normalized spacial score (nSPS) is 10.9. The molecule has 0 spiro atoms. The highest BCUT2D eigenvalue weighted by molar-refractivity contribution is 5.92. The first kappa shape index (κ1) is 16.3. The maximum atomic E-state index is 12.6. The van der Waals surface area contributed by atoms with E-state index in [1.807, 2.05) is 43.3 Å². The Labute approximate surface area is 134 Å². The van der Waals surface area contributed by atoms with E-state index in [9.17, 15) is 4.79 Å². The minimum absolute atomic E-state index is 0. The standard InChI is InChI=1S/C17H17NO3.ClH/c1-18(2)10-13-14(20-3)9-8-12-16(19)11-6-4-5-7-15(11)21-17(12)13;/h4-9H,10H2,1-3H3;1H. The summed E-state index contributed by atoms with van der Waals surface area (Å²) in [7, 11) is 5.56. The number of fused-ring (bicyclic) bond motifs is 2. The summed E-state index contributed by atoms with van der Waals surface area (Å²) >= 11 is 0. The molecule has 5 heteroatoms. The van der Waals surface area contributed by atoms with Gasteiger partial charge in [0.15, 0.2) is 0 Å². The third-order valence-corrected chi connectivity index (χ3v) is 3.50. The lowest BCUT2D eigenvalue weighted by Gasteiger charge is -2.15. The van der Waals surface area contributed by atoms with Crippen LogP contribution in [0, 0.1) is 0 Å². The number of para-hydroxylation sites is 1. The van der Waals surface area contributed by atoms with Crippen LogP contribution < -0.4 is 10.2 Å². The molecule has 0 unspecified atom stereocenters. The van der Waals surface area contributed by atoms with Crippen molar-refractivity contribution >= 4 is 34.3 Å². The van der Waals surface area contributed by atoms with Gasteiger partial charge in [-0.1, -0.05) is 12.1 Å². The van der Waals surface area contributed by atoms with Gasteiger partial charge in [0.1, 0.15) is 16.9 Å². The summed E-state index contributed by atoms with van der Waals surface area (Å²) in [6, 6.07) is 10.9. The largest absolute Gasteiger partial charge is 0.496 e. The van der Waals surface area contributed by atoms with Gasteiger partial charge in [0.25, 0.3) is 0 Å². The lowest BCUT2D eigenvalue weighted by Crippen LogP contribution is -2.13. The highest BCUT2D eigenvalue weighted by Gasteiger charge is 2.15. The van der Waals surface area contributed by atoms with E-state index in [0.717, 1.165) is 11.3 Å². The van der Waals surface area contributed by atoms with Gasteiger partial charge in [-0.05, 0) is 38.4 Å². The molecule has 0 aliphatic rings. The Balaban J connectivity index is 0.00000176. The van der Waals surface area contributed by atoms with E-state index in [1.54, 1.807) is 19.2 Å². The Hall–Kier alpha value is -2.04. The Kier molecular flexibility index (Phi) is 4.74. The van der Waals surface area contributed by atoms with Crippen LogP contribution in [0.5, 0.6) is 5.75 Å². The SMILES string of the molecule is COc1ccc2c(=O)c3ccccc3oc2c1CN(C)C.Cl. The van der Waals surface area contributed by atoms with Crippen LogP contribution in [0.25, 0.3) is 21.9 Å². The number of nitrogens with zero attached hydrogens (tertiary/aromatic N) is 1. The van der Waals surface area contributed by atoms with E-state index in [-0.39, 0.29) is 17.8 Å². The van der Waals surface area contributed by atoms with Gasteiger partial charge in [-0.3, -0.25) is 4.79 Å². The van der Waals surface area contributed by atoms with Gasteiger partial charge in [-0.25, -0.2) is 0 Å². The Morgan fingerprint density at radius 3 is 2.50 bits per heavy atom. The average molecular weight is 320 g/mol. The van der Waals surface area contributed by atoms with E-state index in [2.05, 4.69) is 0 Å². The molecule has 1 heterocycles. The van der Waals surface area contributed by atoms with Crippen molar-refractivity contribution in [2.45, 2.75) is 6.54 Å². The van der Waals surface area contributed by atoms with Gasteiger partial charge in [0, 0.05) is 6.54 Å². The number of methoxy groups -OCH3 is 1. The Morgan fingerprint density at radius 1 is 1.09 bits per heavy atom. The van der Waals surface area contributed by atoms with Crippen molar-refractivity contribution in [3.8, 4) is 5.75 Å². The fourth-order valence-electron chi connectivity index (χ4n) is 2.56. The predicted octanol–water partition coefficient (Wildman–Crippen LogP) is 3.44. The van der Waals surface area contributed by atoms with Crippen LogP contribution in [-0.2, 0) is 6.54 Å². The minimum Gasteiger partial charge on any atom is -0.496 e. The van der Waals surface area contributed by atoms with Crippen molar-refractivity contribution in [3.63, 3.8) is 0 Å².